The molecule has 0 N–H and O–H groups in total. The van der Waals surface area contributed by atoms with Crippen LogP contribution in [0.4, 0.5) is 0 Å². The van der Waals surface area contributed by atoms with Gasteiger partial charge in [-0.1, -0.05) is 345 Å². The van der Waals surface area contributed by atoms with Crippen molar-refractivity contribution in [3.05, 3.63) is 179 Å². The van der Waals surface area contributed by atoms with Gasteiger partial charge in [-0.15, -0.1) is 0 Å². The van der Waals surface area contributed by atoms with E-state index >= 15 is 0 Å². The van der Waals surface area contributed by atoms with Crippen LogP contribution in [0.5, 0.6) is 34.5 Å². The third kappa shape index (κ3) is 49.4. The van der Waals surface area contributed by atoms with Gasteiger partial charge in [-0.05, 0) is 183 Å². The number of rotatable bonds is 60. The van der Waals surface area contributed by atoms with Crippen molar-refractivity contribution >= 4 is 23.5 Å². The van der Waals surface area contributed by atoms with Crippen molar-refractivity contribution in [2.75, 3.05) is 0 Å². The first-order valence-corrected chi connectivity index (χ1v) is 46.1. The van der Waals surface area contributed by atoms with Crippen molar-refractivity contribution in [3.8, 4) is 34.5 Å². The molecule has 0 amide bonds. The Balaban J connectivity index is 0.000000411. The van der Waals surface area contributed by atoms with E-state index in [0.29, 0.717) is 0 Å². The van der Waals surface area contributed by atoms with Gasteiger partial charge in [-0.25, -0.2) is 13.7 Å². The summed E-state index contributed by atoms with van der Waals surface area (Å²) in [6.07, 6.45) is 59.8. The molecular formula is C90H138FeO12P3. The van der Waals surface area contributed by atoms with Crippen LogP contribution in [0.3, 0.4) is 0 Å². The van der Waals surface area contributed by atoms with Gasteiger partial charge in [0.1, 0.15) is 34.5 Å². The molecule has 0 bridgehead atoms. The van der Waals surface area contributed by atoms with Crippen molar-refractivity contribution in [1.29, 1.82) is 0 Å². The molecule has 6 aromatic rings. The number of benzene rings is 6. The van der Waals surface area contributed by atoms with Crippen LogP contribution in [0.15, 0.2) is 146 Å². The van der Waals surface area contributed by atoms with Crippen LogP contribution in [-0.2, 0) is 69.3 Å². The Morgan fingerprint density at radius 3 is 0.406 bits per heavy atom. The second kappa shape index (κ2) is 61.0. The number of phosphoric ester groups is 3. The molecule has 12 nitrogen and oxygen atoms in total. The summed E-state index contributed by atoms with van der Waals surface area (Å²) in [4.78, 5) is 37.1. The van der Waals surface area contributed by atoms with Crippen LogP contribution in [0.2, 0.25) is 0 Å². The number of phosphoric acid groups is 3. The number of aryl methyl sites for hydroxylation is 6. The molecule has 6 rings (SSSR count). The minimum atomic E-state index is -4.50. The van der Waals surface area contributed by atoms with Gasteiger partial charge in [0.2, 0.25) is 0 Å². The SMILES string of the molecule is CCCCCCCCCc1ccc(OP(=O)([O-])Oc2ccc(CCCCCCCCC)cc2)cc1.CCCCCCCCCc1ccc(OP(=O)([O-])Oc2ccc(CCCCCCCCC)cc2)cc1.CCCCCCCCCc1ccc(OP(=O)([O-])Oc2ccc(CCCCCCCCC)cc2)cc1.[Fe+3]. The van der Waals surface area contributed by atoms with Crippen molar-refractivity contribution in [2.45, 2.75) is 350 Å². The minimum Gasteiger partial charge on any atom is -0.736 e. The first-order chi connectivity index (χ1) is 51.1. The van der Waals surface area contributed by atoms with Gasteiger partial charge in [-0.3, -0.25) is 0 Å². The van der Waals surface area contributed by atoms with Crippen LogP contribution in [0.1, 0.15) is 345 Å². The van der Waals surface area contributed by atoms with Crippen molar-refractivity contribution in [1.82, 2.24) is 0 Å². The van der Waals surface area contributed by atoms with Crippen LogP contribution in [0, 0.1) is 0 Å². The zero-order chi connectivity index (χ0) is 75.6. The van der Waals surface area contributed by atoms with Crippen LogP contribution < -0.4 is 41.8 Å². The first kappa shape index (κ1) is 95.4. The molecule has 0 saturated carbocycles. The van der Waals surface area contributed by atoms with E-state index in [9.17, 15) is 28.4 Å². The summed E-state index contributed by atoms with van der Waals surface area (Å²) in [6, 6.07) is 43.7. The molecule has 0 aromatic heterocycles. The maximum absolute atomic E-state index is 12.4. The molecule has 0 fully saturated rings. The second-order valence-electron chi connectivity index (χ2n) is 29.0. The van der Waals surface area contributed by atoms with Gasteiger partial charge in [0.15, 0.2) is 0 Å². The van der Waals surface area contributed by atoms with E-state index in [1.54, 1.807) is 72.8 Å². The summed E-state index contributed by atoms with van der Waals surface area (Å²) in [5.74, 6) is 1.68. The normalized spacial score (nSPS) is 11.4. The molecular weight excluding hydrogens is 1420 g/mol. The summed E-state index contributed by atoms with van der Waals surface area (Å²) in [6.45, 7) is 13.4. The molecule has 106 heavy (non-hydrogen) atoms. The summed E-state index contributed by atoms with van der Waals surface area (Å²) in [5.41, 5.74) is 7.19. The van der Waals surface area contributed by atoms with Crippen molar-refractivity contribution in [2.24, 2.45) is 0 Å². The van der Waals surface area contributed by atoms with Crippen molar-refractivity contribution < 1.29 is 72.6 Å². The zero-order valence-electron chi connectivity index (χ0n) is 66.4. The Morgan fingerprint density at radius 1 is 0.189 bits per heavy atom. The maximum atomic E-state index is 12.4. The van der Waals surface area contributed by atoms with E-state index in [1.165, 1.54) is 265 Å². The van der Waals surface area contributed by atoms with Gasteiger partial charge >= 0.3 is 40.5 Å². The molecule has 0 atom stereocenters. The van der Waals surface area contributed by atoms with Crippen LogP contribution >= 0.6 is 23.5 Å². The molecule has 0 aliphatic heterocycles. The summed E-state index contributed by atoms with van der Waals surface area (Å²) in [5, 5.41) is 0. The van der Waals surface area contributed by atoms with E-state index in [0.717, 1.165) is 77.0 Å². The summed E-state index contributed by atoms with van der Waals surface area (Å²) in [7, 11) is -13.5. The van der Waals surface area contributed by atoms with Crippen molar-refractivity contribution in [3.63, 3.8) is 0 Å². The molecule has 0 heterocycles. The van der Waals surface area contributed by atoms with E-state index in [4.69, 9.17) is 27.1 Å². The fourth-order valence-corrected chi connectivity index (χ4v) is 15.2. The largest absolute Gasteiger partial charge is 3.00 e. The summed E-state index contributed by atoms with van der Waals surface area (Å²) >= 11 is 0. The molecule has 593 valence electrons. The Labute approximate surface area is 655 Å². The van der Waals surface area contributed by atoms with Gasteiger partial charge in [0.25, 0.3) is 0 Å². The number of hydrogen-bond donors (Lipinski definition) is 0. The molecule has 0 saturated heterocycles. The third-order valence-corrected chi connectivity index (χ3v) is 21.9. The zero-order valence-corrected chi connectivity index (χ0v) is 70.2. The van der Waals surface area contributed by atoms with Gasteiger partial charge < -0.3 is 41.8 Å². The monoisotopic (exact) mass is 1560 g/mol. The van der Waals surface area contributed by atoms with Crippen LogP contribution in [-0.4, -0.2) is 0 Å². The Bertz CT molecular complexity index is 2640. The quantitative estimate of drug-likeness (QED) is 0.0201. The van der Waals surface area contributed by atoms with E-state index in [1.807, 2.05) is 72.8 Å². The first-order valence-electron chi connectivity index (χ1n) is 41.7. The number of unbranched alkanes of at least 4 members (excludes halogenated alkanes) is 36. The van der Waals surface area contributed by atoms with Gasteiger partial charge in [0.05, 0.1) is 0 Å². The minimum absolute atomic E-state index is 0. The van der Waals surface area contributed by atoms with E-state index in [2.05, 4.69) is 41.5 Å². The summed E-state index contributed by atoms with van der Waals surface area (Å²) < 4.78 is 68.1. The van der Waals surface area contributed by atoms with Crippen LogP contribution in [0.25, 0.3) is 0 Å². The van der Waals surface area contributed by atoms with Gasteiger partial charge in [-0.2, -0.15) is 0 Å². The molecule has 0 unspecified atom stereocenters. The predicted molar refractivity (Wildman–Crippen MR) is 435 cm³/mol. The molecule has 0 aliphatic carbocycles. The Kier molecular flexibility index (Phi) is 54.9. The number of hydrogen-bond acceptors (Lipinski definition) is 12. The smallest absolute Gasteiger partial charge is 0.736 e. The second-order valence-corrected chi connectivity index (χ2v) is 32.8. The fourth-order valence-electron chi connectivity index (χ4n) is 12.8. The average Bonchev–Trinajstić information content (AvgIpc) is 0.862. The molecule has 0 spiro atoms. The molecule has 1 radical (unpaired) electrons. The third-order valence-electron chi connectivity index (χ3n) is 19.3. The Morgan fingerprint density at radius 2 is 0.292 bits per heavy atom. The molecule has 6 aromatic carbocycles. The maximum Gasteiger partial charge on any atom is 3.00 e. The topological polar surface area (TPSA) is 176 Å². The molecule has 16 heteroatoms. The van der Waals surface area contributed by atoms with Gasteiger partial charge in [0, 0.05) is 0 Å². The fraction of sp³-hybridized carbons (Fsp3) is 0.600. The van der Waals surface area contributed by atoms with E-state index in [-0.39, 0.29) is 51.6 Å². The predicted octanol–water partition coefficient (Wildman–Crippen LogP) is 27.6. The van der Waals surface area contributed by atoms with E-state index < -0.39 is 23.5 Å². The molecule has 0 aliphatic rings. The average molecular weight is 1560 g/mol. The Hall–Kier alpha value is -4.79. The standard InChI is InChI=1S/3C30H47O4P.Fe/c3*1-3-5-7-9-11-13-15-17-27-19-23-29(24-20-27)33-35(31,32)34-30-25-21-28(22-26-30)18-16-14-12-10-8-6-4-2;/h3*19-26H,3-18H2,1-2H3,(H,31,32);/q;;;+3/p-3.